The van der Waals surface area contributed by atoms with Crippen molar-refractivity contribution in [3.8, 4) is 0 Å². The van der Waals surface area contributed by atoms with Gasteiger partial charge in [0.25, 0.3) is 0 Å². The highest BCUT2D eigenvalue weighted by Gasteiger charge is 2.47. The molecule has 15 heavy (non-hydrogen) atoms. The molecule has 0 aromatic heterocycles. The first kappa shape index (κ1) is 11.7. The van der Waals surface area contributed by atoms with Crippen molar-refractivity contribution in [2.24, 2.45) is 11.8 Å². The third kappa shape index (κ3) is 1.92. The van der Waals surface area contributed by atoms with Crippen molar-refractivity contribution < 1.29 is 22.4 Å². The largest absolute Gasteiger partial charge is 1.00 e. The van der Waals surface area contributed by atoms with E-state index in [9.17, 15) is 5.11 Å². The van der Waals surface area contributed by atoms with Crippen LogP contribution in [0.2, 0.25) is 0 Å². The molecule has 3 fully saturated rings. The quantitative estimate of drug-likeness (QED) is 0.502. The zero-order valence-corrected chi connectivity index (χ0v) is 10.0. The Morgan fingerprint density at radius 3 is 2.33 bits per heavy atom. The van der Waals surface area contributed by atoms with Crippen molar-refractivity contribution >= 4 is 0 Å². The SMILES string of the molecule is O[C@@H]1C2CCC1C([NH+]1CCCC1)CC2.[Cl-]. The van der Waals surface area contributed by atoms with Gasteiger partial charge in [0.15, 0.2) is 0 Å². The molecule has 0 aromatic rings. The molecule has 0 radical (unpaired) electrons. The maximum atomic E-state index is 10.1. The summed E-state index contributed by atoms with van der Waals surface area (Å²) < 4.78 is 0. The van der Waals surface area contributed by atoms with Gasteiger partial charge in [-0.05, 0) is 25.2 Å². The van der Waals surface area contributed by atoms with Crippen LogP contribution in [-0.2, 0) is 0 Å². The van der Waals surface area contributed by atoms with E-state index >= 15 is 0 Å². The van der Waals surface area contributed by atoms with Gasteiger partial charge in [0.2, 0.25) is 0 Å². The minimum Gasteiger partial charge on any atom is -1.00 e. The molecule has 2 nitrogen and oxygen atoms in total. The molecule has 0 spiro atoms. The van der Waals surface area contributed by atoms with E-state index in [1.165, 1.54) is 51.6 Å². The van der Waals surface area contributed by atoms with Crippen LogP contribution in [0.4, 0.5) is 0 Å². The number of halogens is 1. The summed E-state index contributed by atoms with van der Waals surface area (Å²) in [5, 5.41) is 10.1. The minimum atomic E-state index is 0. The predicted octanol–water partition coefficient (Wildman–Crippen LogP) is -2.78. The Morgan fingerprint density at radius 2 is 1.60 bits per heavy atom. The second-order valence-electron chi connectivity index (χ2n) is 5.54. The zero-order chi connectivity index (χ0) is 9.54. The van der Waals surface area contributed by atoms with Gasteiger partial charge in [-0.1, -0.05) is 0 Å². The van der Waals surface area contributed by atoms with Crippen LogP contribution in [0.1, 0.15) is 38.5 Å². The van der Waals surface area contributed by atoms with Crippen LogP contribution in [-0.4, -0.2) is 30.3 Å². The summed E-state index contributed by atoms with van der Waals surface area (Å²) in [6.07, 6.45) is 8.18. The lowest BCUT2D eigenvalue weighted by molar-refractivity contribution is -0.919. The van der Waals surface area contributed by atoms with Crippen molar-refractivity contribution in [1.29, 1.82) is 0 Å². The number of rotatable bonds is 1. The Kier molecular flexibility index (Phi) is 3.59. The van der Waals surface area contributed by atoms with Gasteiger partial charge in [0.1, 0.15) is 0 Å². The van der Waals surface area contributed by atoms with E-state index in [-0.39, 0.29) is 18.5 Å². The molecule has 1 saturated heterocycles. The normalized spacial score (nSPS) is 45.4. The molecular formula is C12H22ClNO. The van der Waals surface area contributed by atoms with Crippen LogP contribution in [0.5, 0.6) is 0 Å². The molecule has 3 heteroatoms. The number of quaternary nitrogens is 1. The highest BCUT2D eigenvalue weighted by atomic mass is 35.5. The van der Waals surface area contributed by atoms with Gasteiger partial charge >= 0.3 is 0 Å². The van der Waals surface area contributed by atoms with Crippen molar-refractivity contribution in [1.82, 2.24) is 0 Å². The van der Waals surface area contributed by atoms with Gasteiger partial charge in [-0.15, -0.1) is 0 Å². The fraction of sp³-hybridized carbons (Fsp3) is 1.00. The van der Waals surface area contributed by atoms with Gasteiger partial charge < -0.3 is 22.4 Å². The predicted molar refractivity (Wildman–Crippen MR) is 55.2 cm³/mol. The standard InChI is InChI=1S/C12H21NO.ClH/c14-12-9-3-5-10(12)11(6-4-9)13-7-1-2-8-13;/h9-12,14H,1-8H2;1H/t9?,10?,11?,12-;/m1./s1. The highest BCUT2D eigenvalue weighted by Crippen LogP contribution is 2.41. The number of nitrogens with one attached hydrogen (secondary N) is 1. The van der Waals surface area contributed by atoms with Crippen LogP contribution in [0.25, 0.3) is 0 Å². The Morgan fingerprint density at radius 1 is 0.933 bits per heavy atom. The molecule has 3 unspecified atom stereocenters. The number of hydrogen-bond acceptors (Lipinski definition) is 1. The zero-order valence-electron chi connectivity index (χ0n) is 9.29. The van der Waals surface area contributed by atoms with E-state index < -0.39 is 0 Å². The second kappa shape index (κ2) is 4.60. The summed E-state index contributed by atoms with van der Waals surface area (Å²) in [4.78, 5) is 1.81. The van der Waals surface area contributed by atoms with E-state index in [4.69, 9.17) is 0 Å². The molecule has 2 saturated carbocycles. The average Bonchev–Trinajstić information content (AvgIpc) is 2.76. The van der Waals surface area contributed by atoms with Crippen LogP contribution in [0.3, 0.4) is 0 Å². The number of hydrogen-bond donors (Lipinski definition) is 2. The lowest BCUT2D eigenvalue weighted by atomic mass is 9.81. The van der Waals surface area contributed by atoms with Gasteiger partial charge in [-0.2, -0.15) is 0 Å². The summed E-state index contributed by atoms with van der Waals surface area (Å²) >= 11 is 0. The van der Waals surface area contributed by atoms with Gasteiger partial charge in [-0.3, -0.25) is 0 Å². The third-order valence-corrected chi connectivity index (χ3v) is 4.93. The van der Waals surface area contributed by atoms with Crippen LogP contribution >= 0.6 is 0 Å². The van der Waals surface area contributed by atoms with Gasteiger partial charge in [-0.25, -0.2) is 0 Å². The molecule has 0 aromatic carbocycles. The number of fused-ring (bicyclic) bond motifs is 2. The Balaban J connectivity index is 0.000000853. The van der Waals surface area contributed by atoms with Gasteiger partial charge in [0.05, 0.1) is 25.2 Å². The lowest BCUT2D eigenvalue weighted by Crippen LogP contribution is -3.15. The molecule has 1 heterocycles. The molecule has 2 bridgehead atoms. The topological polar surface area (TPSA) is 24.7 Å². The highest BCUT2D eigenvalue weighted by molar-refractivity contribution is 4.93. The van der Waals surface area contributed by atoms with E-state index in [0.29, 0.717) is 11.8 Å². The molecule has 0 amide bonds. The van der Waals surface area contributed by atoms with Crippen molar-refractivity contribution in [2.75, 3.05) is 13.1 Å². The van der Waals surface area contributed by atoms with Crippen LogP contribution in [0.15, 0.2) is 0 Å². The molecule has 2 N–H and O–H groups in total. The Labute approximate surface area is 98.4 Å². The summed E-state index contributed by atoms with van der Waals surface area (Å²) in [7, 11) is 0. The molecule has 1 aliphatic heterocycles. The van der Waals surface area contributed by atoms with Crippen molar-refractivity contribution in [3.05, 3.63) is 0 Å². The van der Waals surface area contributed by atoms with E-state index in [2.05, 4.69) is 0 Å². The average molecular weight is 232 g/mol. The maximum Gasteiger partial charge on any atom is 0.0928 e. The lowest BCUT2D eigenvalue weighted by Gasteiger charge is -2.36. The van der Waals surface area contributed by atoms with E-state index in [1.54, 1.807) is 0 Å². The minimum absolute atomic E-state index is 0. The third-order valence-electron chi connectivity index (χ3n) is 4.93. The molecule has 2 aliphatic carbocycles. The van der Waals surface area contributed by atoms with Crippen LogP contribution < -0.4 is 17.3 Å². The maximum absolute atomic E-state index is 10.1. The first-order chi connectivity index (χ1) is 6.86. The van der Waals surface area contributed by atoms with Crippen molar-refractivity contribution in [3.63, 3.8) is 0 Å². The summed E-state index contributed by atoms with van der Waals surface area (Å²) in [6.45, 7) is 2.75. The number of aliphatic hydroxyl groups is 1. The molecule has 4 atom stereocenters. The smallest absolute Gasteiger partial charge is 0.0928 e. The Hall–Kier alpha value is 0.210. The van der Waals surface area contributed by atoms with E-state index in [0.717, 1.165) is 6.04 Å². The first-order valence-corrected chi connectivity index (χ1v) is 6.39. The van der Waals surface area contributed by atoms with Crippen LogP contribution in [0, 0.1) is 11.8 Å². The molecular weight excluding hydrogens is 210 g/mol. The number of likely N-dealkylation sites (tertiary alicyclic amines) is 1. The molecule has 88 valence electrons. The summed E-state index contributed by atoms with van der Waals surface area (Å²) in [6, 6.07) is 0.811. The Bertz CT molecular complexity index is 218. The molecule has 3 rings (SSSR count). The molecule has 3 aliphatic rings. The van der Waals surface area contributed by atoms with E-state index in [1.807, 2.05) is 4.90 Å². The fourth-order valence-electron chi connectivity index (χ4n) is 4.17. The van der Waals surface area contributed by atoms with Gasteiger partial charge in [0, 0.05) is 25.2 Å². The summed E-state index contributed by atoms with van der Waals surface area (Å²) in [5.74, 6) is 1.32. The monoisotopic (exact) mass is 231 g/mol. The first-order valence-electron chi connectivity index (χ1n) is 6.39. The second-order valence-corrected chi connectivity index (χ2v) is 5.54. The fourth-order valence-corrected chi connectivity index (χ4v) is 4.17. The van der Waals surface area contributed by atoms with Crippen molar-refractivity contribution in [2.45, 2.75) is 50.7 Å². The summed E-state index contributed by atoms with van der Waals surface area (Å²) in [5.41, 5.74) is 0. The number of aliphatic hydroxyl groups excluding tert-OH is 1.